The molecule has 0 heterocycles. The Morgan fingerprint density at radius 2 is 1.23 bits per heavy atom. The third-order valence-corrected chi connectivity index (χ3v) is 6.59. The molecule has 0 unspecified atom stereocenters. The van der Waals surface area contributed by atoms with Crippen molar-refractivity contribution in [1.82, 2.24) is 10.9 Å². The molecule has 0 fully saturated rings. The molecule has 0 amide bonds. The van der Waals surface area contributed by atoms with E-state index >= 15 is 0 Å². The smallest absolute Gasteiger partial charge is 1.00 e. The summed E-state index contributed by atoms with van der Waals surface area (Å²) in [5.74, 6) is 1.20. The van der Waals surface area contributed by atoms with Crippen molar-refractivity contribution in [2.45, 2.75) is 18.0 Å². The molecule has 0 aliphatic carbocycles. The number of fused-ring (bicyclic) bond motifs is 1. The molecule has 0 radical (unpaired) electrons. The van der Waals surface area contributed by atoms with Crippen LogP contribution in [0.3, 0.4) is 0 Å². The van der Waals surface area contributed by atoms with Crippen molar-refractivity contribution >= 4 is 20.9 Å². The number of rotatable bonds is 9. The zero-order valence-electron chi connectivity index (χ0n) is 22.5. The number of hydrogen-bond acceptors (Lipinski definition) is 10. The standard InChI is InChI=1S/C26H24N4O7S.Na.H/c1-36-21-9-5-3-7-16(21)14-27-29-23-19-12-11-18(38(33,34)35)13-20(19)24(26(32)25(23)31)30-28-15-17-8-4-6-10-22(17)37-2;;/h3-13,27-28H,14-15H2,1-2H3,(H,33,34,35);;/q;+1;-1. The largest absolute Gasteiger partial charge is 1.00 e. The first kappa shape index (κ1) is 30.0. The van der Waals surface area contributed by atoms with E-state index in [0.29, 0.717) is 11.5 Å². The van der Waals surface area contributed by atoms with Crippen molar-refractivity contribution in [2.24, 2.45) is 10.2 Å². The molecule has 198 valence electrons. The van der Waals surface area contributed by atoms with Gasteiger partial charge in [-0.15, -0.1) is 0 Å². The van der Waals surface area contributed by atoms with Gasteiger partial charge in [0, 0.05) is 21.9 Å². The van der Waals surface area contributed by atoms with E-state index in [1.807, 2.05) is 18.2 Å². The van der Waals surface area contributed by atoms with E-state index in [0.717, 1.165) is 23.3 Å². The average molecular weight is 561 g/mol. The minimum atomic E-state index is -4.60. The first-order valence-electron chi connectivity index (χ1n) is 11.3. The summed E-state index contributed by atoms with van der Waals surface area (Å²) in [6.07, 6.45) is 0. The van der Waals surface area contributed by atoms with Gasteiger partial charge in [0.2, 0.25) is 0 Å². The molecule has 11 nitrogen and oxygen atoms in total. The van der Waals surface area contributed by atoms with E-state index in [1.54, 1.807) is 30.3 Å². The minimum absolute atomic E-state index is 0. The molecule has 0 aliphatic heterocycles. The second kappa shape index (κ2) is 13.0. The second-order valence-corrected chi connectivity index (χ2v) is 9.48. The van der Waals surface area contributed by atoms with Crippen molar-refractivity contribution in [3.63, 3.8) is 0 Å². The van der Waals surface area contributed by atoms with Crippen LogP contribution in [0.25, 0.3) is 10.8 Å². The van der Waals surface area contributed by atoms with E-state index in [9.17, 15) is 22.6 Å². The maximum Gasteiger partial charge on any atom is 1.00 e. The van der Waals surface area contributed by atoms with E-state index < -0.39 is 25.9 Å². The molecule has 0 aliphatic rings. The second-order valence-electron chi connectivity index (χ2n) is 8.05. The molecule has 0 saturated heterocycles. The summed E-state index contributed by atoms with van der Waals surface area (Å²) >= 11 is 0. The van der Waals surface area contributed by atoms with Gasteiger partial charge < -0.3 is 21.8 Å². The summed E-state index contributed by atoms with van der Waals surface area (Å²) in [6.45, 7) is 0.346. The van der Waals surface area contributed by atoms with Gasteiger partial charge in [-0.3, -0.25) is 14.1 Å². The maximum atomic E-state index is 13.1. The van der Waals surface area contributed by atoms with Crippen molar-refractivity contribution in [1.29, 1.82) is 0 Å². The van der Waals surface area contributed by atoms with Crippen LogP contribution >= 0.6 is 0 Å². The number of ether oxygens (including phenoxy) is 2. The van der Waals surface area contributed by atoms with Gasteiger partial charge in [-0.05, 0) is 24.3 Å². The van der Waals surface area contributed by atoms with E-state index in [4.69, 9.17) is 9.47 Å². The van der Waals surface area contributed by atoms with Crippen molar-refractivity contribution in [3.8, 4) is 11.5 Å². The van der Waals surface area contributed by atoms with Crippen molar-refractivity contribution in [2.75, 3.05) is 14.2 Å². The van der Waals surface area contributed by atoms with Gasteiger partial charge in [0.15, 0.2) is 0 Å². The summed E-state index contributed by atoms with van der Waals surface area (Å²) in [5.41, 5.74) is 5.10. The number of para-hydroxylation sites is 2. The Labute approximate surface area is 247 Å². The molecule has 0 aromatic heterocycles. The quantitative estimate of drug-likeness (QED) is 0.0915. The molecule has 0 saturated carbocycles. The van der Waals surface area contributed by atoms with Gasteiger partial charge in [0.25, 0.3) is 21.0 Å². The van der Waals surface area contributed by atoms with Crippen molar-refractivity contribution in [3.05, 3.63) is 109 Å². The molecular formula is C26H25N4NaO7S. The van der Waals surface area contributed by atoms with Crippen LogP contribution in [0.2, 0.25) is 0 Å². The van der Waals surface area contributed by atoms with Gasteiger partial charge in [-0.2, -0.15) is 18.6 Å². The molecule has 3 N–H and O–H groups in total. The third kappa shape index (κ3) is 6.72. The molecule has 0 bridgehead atoms. The maximum absolute atomic E-state index is 13.1. The molecule has 0 atom stereocenters. The van der Waals surface area contributed by atoms with Crippen LogP contribution in [0.4, 0.5) is 0 Å². The third-order valence-electron chi connectivity index (χ3n) is 5.74. The summed E-state index contributed by atoms with van der Waals surface area (Å²) in [6, 6.07) is 17.8. The Morgan fingerprint density at radius 1 is 0.769 bits per heavy atom. The summed E-state index contributed by atoms with van der Waals surface area (Å²) in [4.78, 5) is 25.7. The Hall–Kier alpha value is -3.55. The zero-order valence-corrected chi connectivity index (χ0v) is 24.3. The molecule has 4 aromatic carbocycles. The van der Waals surface area contributed by atoms with Crippen LogP contribution in [-0.2, 0) is 23.2 Å². The van der Waals surface area contributed by atoms with Crippen LogP contribution in [0.15, 0.2) is 91.4 Å². The van der Waals surface area contributed by atoms with Crippen LogP contribution in [0.1, 0.15) is 12.6 Å². The Morgan fingerprint density at radius 3 is 1.69 bits per heavy atom. The fourth-order valence-electron chi connectivity index (χ4n) is 3.87. The summed E-state index contributed by atoms with van der Waals surface area (Å²) in [7, 11) is -1.55. The Kier molecular flexibility index (Phi) is 10.0. The van der Waals surface area contributed by atoms with Crippen molar-refractivity contribution < 1.29 is 53.4 Å². The first-order chi connectivity index (χ1) is 18.2. The monoisotopic (exact) mass is 560 g/mol. The predicted octanol–water partition coefficient (Wildman–Crippen LogP) is -1.97. The number of benzene rings is 4. The first-order valence-corrected chi connectivity index (χ1v) is 12.7. The molecule has 4 rings (SSSR count). The van der Waals surface area contributed by atoms with Gasteiger partial charge in [0.1, 0.15) is 22.2 Å². The van der Waals surface area contributed by atoms with Crippen LogP contribution < -0.4 is 71.5 Å². The minimum Gasteiger partial charge on any atom is -1.00 e. The average Bonchev–Trinajstić information content (AvgIpc) is 2.92. The van der Waals surface area contributed by atoms with Gasteiger partial charge >= 0.3 is 29.6 Å². The zero-order chi connectivity index (χ0) is 27.3. The Balaban J connectivity index is 0.00000280. The topological polar surface area (TPSA) is 156 Å². The van der Waals surface area contributed by atoms with Gasteiger partial charge in [0.05, 0.1) is 32.2 Å². The fourth-order valence-corrected chi connectivity index (χ4v) is 4.38. The molecule has 39 heavy (non-hydrogen) atoms. The van der Waals surface area contributed by atoms with E-state index in [2.05, 4.69) is 21.1 Å². The number of hydrogen-bond donors (Lipinski definition) is 3. The molecule has 4 aromatic rings. The SMILES string of the molecule is COc1ccccc1CNN=c1c(=O)c(=O)c(=NNCc2ccccc2OC)c2cc(S(=O)(=O)O)ccc12.[H-].[Na+]. The van der Waals surface area contributed by atoms with E-state index in [-0.39, 0.29) is 65.6 Å². The van der Waals surface area contributed by atoms with Crippen LogP contribution in [-0.4, -0.2) is 27.2 Å². The number of nitrogens with one attached hydrogen (secondary N) is 2. The van der Waals surface area contributed by atoms with Crippen LogP contribution in [0, 0.1) is 0 Å². The van der Waals surface area contributed by atoms with Gasteiger partial charge in [-0.25, -0.2) is 0 Å². The summed E-state index contributed by atoms with van der Waals surface area (Å²) in [5, 5.41) is 7.92. The Bertz CT molecular complexity index is 1840. The normalized spacial score (nSPS) is 12.2. The number of nitrogens with zero attached hydrogens (tertiary/aromatic N) is 2. The fraction of sp³-hybridized carbons (Fsp3) is 0.154. The predicted molar refractivity (Wildman–Crippen MR) is 141 cm³/mol. The molecular weight excluding hydrogens is 535 g/mol. The molecule has 0 spiro atoms. The van der Waals surface area contributed by atoms with Gasteiger partial charge in [-0.1, -0.05) is 42.5 Å². The van der Waals surface area contributed by atoms with E-state index in [1.165, 1.54) is 20.3 Å². The number of methoxy groups -OCH3 is 2. The molecule has 13 heteroatoms. The van der Waals surface area contributed by atoms with Crippen LogP contribution in [0.5, 0.6) is 11.5 Å². The summed E-state index contributed by atoms with van der Waals surface area (Å²) < 4.78 is 43.7.